The summed E-state index contributed by atoms with van der Waals surface area (Å²) in [6, 6.07) is 9.90. The minimum atomic E-state index is -6.00. The van der Waals surface area contributed by atoms with E-state index in [-0.39, 0.29) is 42.9 Å². The first kappa shape index (κ1) is 34.6. The van der Waals surface area contributed by atoms with Gasteiger partial charge >= 0.3 is 12.4 Å². The Kier molecular flexibility index (Phi) is 10.6. The maximum atomic E-state index is 13.6. The lowest BCUT2D eigenvalue weighted by Gasteiger charge is -2.34. The Morgan fingerprint density at radius 2 is 1.48 bits per heavy atom. The van der Waals surface area contributed by atoms with Gasteiger partial charge in [-0.25, -0.2) is 0 Å². The highest BCUT2D eigenvalue weighted by molar-refractivity contribution is 6.09. The van der Waals surface area contributed by atoms with Crippen LogP contribution in [0.3, 0.4) is 0 Å². The molecule has 1 atom stereocenters. The highest BCUT2D eigenvalue weighted by Gasteiger charge is 2.71. The van der Waals surface area contributed by atoms with Crippen molar-refractivity contribution in [3.05, 3.63) is 76.4 Å². The number of unbranched alkanes of at least 4 members (excludes halogenated alkanes) is 1. The van der Waals surface area contributed by atoms with Crippen LogP contribution in [0.5, 0.6) is 5.75 Å². The van der Waals surface area contributed by atoms with Crippen LogP contribution in [-0.4, -0.2) is 47.3 Å². The van der Waals surface area contributed by atoms with Crippen molar-refractivity contribution in [1.82, 2.24) is 4.90 Å². The zero-order chi connectivity index (χ0) is 32.9. The Labute approximate surface area is 251 Å². The standard InChI is InChI=1S/C32H34F6N2O4/c1-4-8-22-18-25(30(43,31(33,34)35)32(36,37)38)19-23(9-5-2)27(22)44-17-7-6-16-40-26(41)14-15-29(3,28(40)42)24-12-10-21(20-39)11-13-24/h10-15,18-19,43H,4-9,16-17H2,1-3H3. The van der Waals surface area contributed by atoms with Gasteiger partial charge in [0.25, 0.3) is 11.5 Å². The van der Waals surface area contributed by atoms with Crippen molar-refractivity contribution in [2.75, 3.05) is 13.2 Å². The molecule has 1 heterocycles. The van der Waals surface area contributed by atoms with Crippen molar-refractivity contribution in [1.29, 1.82) is 5.26 Å². The summed E-state index contributed by atoms with van der Waals surface area (Å²) in [5.41, 5.74) is -6.21. The van der Waals surface area contributed by atoms with Crippen LogP contribution in [0.15, 0.2) is 48.6 Å². The summed E-state index contributed by atoms with van der Waals surface area (Å²) < 4.78 is 87.7. The Hall–Kier alpha value is -3.85. The summed E-state index contributed by atoms with van der Waals surface area (Å²) in [5, 5.41) is 19.1. The molecule has 2 aromatic rings. The van der Waals surface area contributed by atoms with Crippen molar-refractivity contribution in [2.45, 2.75) is 82.7 Å². The number of imide groups is 1. The number of aryl methyl sites for hydroxylation is 2. The van der Waals surface area contributed by atoms with Crippen LogP contribution in [0.1, 0.15) is 74.3 Å². The van der Waals surface area contributed by atoms with Crippen molar-refractivity contribution in [3.63, 3.8) is 0 Å². The average molecular weight is 625 g/mol. The molecule has 12 heteroatoms. The molecule has 1 unspecified atom stereocenters. The lowest BCUT2D eigenvalue weighted by Crippen LogP contribution is -2.54. The Morgan fingerprint density at radius 1 is 0.932 bits per heavy atom. The molecule has 0 aromatic heterocycles. The van der Waals surface area contributed by atoms with Gasteiger partial charge in [-0.1, -0.05) is 44.9 Å². The lowest BCUT2D eigenvalue weighted by atomic mass is 9.78. The second-order valence-corrected chi connectivity index (χ2v) is 10.9. The fourth-order valence-corrected chi connectivity index (χ4v) is 5.20. The van der Waals surface area contributed by atoms with E-state index in [9.17, 15) is 41.0 Å². The third kappa shape index (κ3) is 6.78. The Morgan fingerprint density at radius 3 is 1.95 bits per heavy atom. The zero-order valence-corrected chi connectivity index (χ0v) is 24.6. The van der Waals surface area contributed by atoms with Gasteiger partial charge < -0.3 is 9.84 Å². The number of carbonyl (C=O) groups is 2. The first-order chi connectivity index (χ1) is 20.5. The molecule has 0 saturated heterocycles. The molecule has 0 aliphatic carbocycles. The minimum absolute atomic E-state index is 0.0224. The third-order valence-corrected chi connectivity index (χ3v) is 7.67. The molecule has 44 heavy (non-hydrogen) atoms. The number of nitrogens with zero attached hydrogens (tertiary/aromatic N) is 2. The van der Waals surface area contributed by atoms with Crippen LogP contribution < -0.4 is 4.74 Å². The SMILES string of the molecule is CCCc1cc(C(O)(C(F)(F)F)C(F)(F)F)cc(CCC)c1OCCCCN1C(=O)C=CC(C)(c2ccc(C#N)cc2)C1=O. The number of nitriles is 1. The maximum Gasteiger partial charge on any atom is 0.430 e. The van der Waals surface area contributed by atoms with Crippen LogP contribution >= 0.6 is 0 Å². The zero-order valence-electron chi connectivity index (χ0n) is 24.6. The molecule has 2 amide bonds. The van der Waals surface area contributed by atoms with Gasteiger partial charge in [0.15, 0.2) is 0 Å². The number of alkyl halides is 6. The summed E-state index contributed by atoms with van der Waals surface area (Å²) in [7, 11) is 0. The van der Waals surface area contributed by atoms with E-state index in [0.29, 0.717) is 48.9 Å². The van der Waals surface area contributed by atoms with E-state index in [2.05, 4.69) is 0 Å². The highest BCUT2D eigenvalue weighted by Crippen LogP contribution is 2.51. The molecule has 3 rings (SSSR count). The van der Waals surface area contributed by atoms with Crippen LogP contribution in [0.25, 0.3) is 0 Å². The van der Waals surface area contributed by atoms with E-state index in [1.807, 2.05) is 6.07 Å². The summed E-state index contributed by atoms with van der Waals surface area (Å²) >= 11 is 0. The van der Waals surface area contributed by atoms with E-state index in [0.717, 1.165) is 4.90 Å². The van der Waals surface area contributed by atoms with Gasteiger partial charge in [0, 0.05) is 18.2 Å². The molecule has 6 nitrogen and oxygen atoms in total. The van der Waals surface area contributed by atoms with Crippen LogP contribution in [0.2, 0.25) is 0 Å². The highest BCUT2D eigenvalue weighted by atomic mass is 19.4. The fraction of sp³-hybridized carbons (Fsp3) is 0.469. The second kappa shape index (κ2) is 13.4. The molecule has 0 radical (unpaired) electrons. The third-order valence-electron chi connectivity index (χ3n) is 7.67. The van der Waals surface area contributed by atoms with Gasteiger partial charge in [-0.05, 0) is 73.6 Å². The Balaban J connectivity index is 1.77. The molecule has 1 N–H and O–H groups in total. The average Bonchev–Trinajstić information content (AvgIpc) is 2.96. The number of rotatable bonds is 12. The number of carbonyl (C=O) groups excluding carboxylic acids is 2. The number of amides is 2. The summed E-state index contributed by atoms with van der Waals surface area (Å²) in [4.78, 5) is 27.0. The number of hydrogen-bond acceptors (Lipinski definition) is 5. The normalized spacial score (nSPS) is 17.6. The van der Waals surface area contributed by atoms with Crippen molar-refractivity contribution < 1.29 is 45.8 Å². The quantitative estimate of drug-likeness (QED) is 0.159. The van der Waals surface area contributed by atoms with E-state index in [4.69, 9.17) is 10.00 Å². The molecule has 0 fully saturated rings. The molecule has 0 bridgehead atoms. The number of aliphatic hydroxyl groups is 1. The molecule has 238 valence electrons. The van der Waals surface area contributed by atoms with Gasteiger partial charge in [0.2, 0.25) is 5.91 Å². The van der Waals surface area contributed by atoms with Crippen LogP contribution in [0.4, 0.5) is 26.3 Å². The Bertz CT molecular complexity index is 1390. The van der Waals surface area contributed by atoms with E-state index < -0.39 is 40.7 Å². The smallest absolute Gasteiger partial charge is 0.430 e. The number of halogens is 6. The van der Waals surface area contributed by atoms with Gasteiger partial charge in [-0.2, -0.15) is 31.6 Å². The predicted octanol–water partition coefficient (Wildman–Crippen LogP) is 6.82. The first-order valence-electron chi connectivity index (χ1n) is 14.3. The minimum Gasteiger partial charge on any atom is -0.493 e. The molecular formula is C32H34F6N2O4. The van der Waals surface area contributed by atoms with Crippen molar-refractivity contribution in [2.24, 2.45) is 0 Å². The fourth-order valence-electron chi connectivity index (χ4n) is 5.20. The summed E-state index contributed by atoms with van der Waals surface area (Å²) in [5.74, 6) is -0.760. The maximum absolute atomic E-state index is 13.6. The molecule has 1 aliphatic rings. The topological polar surface area (TPSA) is 90.6 Å². The number of ether oxygens (including phenoxy) is 1. The van der Waals surface area contributed by atoms with Gasteiger partial charge in [0.05, 0.1) is 23.7 Å². The molecular weight excluding hydrogens is 590 g/mol. The van der Waals surface area contributed by atoms with Gasteiger partial charge in [-0.15, -0.1) is 0 Å². The van der Waals surface area contributed by atoms with Crippen LogP contribution in [-0.2, 0) is 33.4 Å². The van der Waals surface area contributed by atoms with Crippen molar-refractivity contribution >= 4 is 11.8 Å². The molecule has 2 aromatic carbocycles. The summed E-state index contributed by atoms with van der Waals surface area (Å²) in [6.07, 6.45) is -7.52. The van der Waals surface area contributed by atoms with Gasteiger partial charge in [0.1, 0.15) is 5.75 Å². The largest absolute Gasteiger partial charge is 0.493 e. The number of benzene rings is 2. The van der Waals surface area contributed by atoms with Gasteiger partial charge in [-0.3, -0.25) is 14.5 Å². The first-order valence-corrected chi connectivity index (χ1v) is 14.3. The van der Waals surface area contributed by atoms with E-state index in [1.165, 1.54) is 12.2 Å². The van der Waals surface area contributed by atoms with E-state index in [1.54, 1.807) is 45.0 Å². The summed E-state index contributed by atoms with van der Waals surface area (Å²) in [6.45, 7) is 5.17. The molecule has 1 aliphatic heterocycles. The molecule has 0 saturated carbocycles. The molecule has 0 spiro atoms. The van der Waals surface area contributed by atoms with Crippen molar-refractivity contribution in [3.8, 4) is 11.8 Å². The predicted molar refractivity (Wildman–Crippen MR) is 150 cm³/mol. The lowest BCUT2D eigenvalue weighted by molar-refractivity contribution is -0.376. The van der Waals surface area contributed by atoms with E-state index >= 15 is 0 Å². The monoisotopic (exact) mass is 624 g/mol. The number of hydrogen-bond donors (Lipinski definition) is 1. The van der Waals surface area contributed by atoms with Crippen LogP contribution in [0, 0.1) is 11.3 Å². The second-order valence-electron chi connectivity index (χ2n) is 10.9.